The lowest BCUT2D eigenvalue weighted by atomic mass is 9.78. The molecule has 0 fully saturated rings. The van der Waals surface area contributed by atoms with Gasteiger partial charge in [0.15, 0.2) is 0 Å². The number of nitrogens with one attached hydrogen (secondary N) is 1. The number of halogens is 1. The van der Waals surface area contributed by atoms with E-state index in [2.05, 4.69) is 64.0 Å². The van der Waals surface area contributed by atoms with Crippen LogP contribution in [0.1, 0.15) is 56.0 Å². The summed E-state index contributed by atoms with van der Waals surface area (Å²) in [6.45, 7) is 4.43. The largest absolute Gasteiger partial charge is 0.345 e. The van der Waals surface area contributed by atoms with Gasteiger partial charge in [-0.05, 0) is 59.8 Å². The van der Waals surface area contributed by atoms with E-state index in [9.17, 15) is 0 Å². The summed E-state index contributed by atoms with van der Waals surface area (Å²) in [5.41, 5.74) is 3.31. The van der Waals surface area contributed by atoms with Crippen molar-refractivity contribution in [3.8, 4) is 0 Å². The van der Waals surface area contributed by atoms with Crippen LogP contribution in [0.4, 0.5) is 0 Å². The molecule has 2 aromatic rings. The highest BCUT2D eigenvalue weighted by Gasteiger charge is 2.36. The number of nitrogens with zero attached hydrogens (tertiary/aromatic N) is 2. The van der Waals surface area contributed by atoms with Gasteiger partial charge in [-0.15, -0.1) is 0 Å². The molecule has 110 valence electrons. The molecule has 0 amide bonds. The van der Waals surface area contributed by atoms with Gasteiger partial charge in [0.1, 0.15) is 5.82 Å². The maximum atomic E-state index is 4.87. The van der Waals surface area contributed by atoms with Crippen LogP contribution in [0.5, 0.6) is 0 Å². The van der Waals surface area contributed by atoms with E-state index in [1.54, 1.807) is 0 Å². The lowest BCUT2D eigenvalue weighted by molar-refractivity contribution is 0.440. The zero-order chi connectivity index (χ0) is 14.9. The van der Waals surface area contributed by atoms with Crippen LogP contribution in [0.15, 0.2) is 28.9 Å². The molecule has 3 nitrogen and oxygen atoms in total. The number of allylic oxidation sites excluding steroid dienone is 1. The van der Waals surface area contributed by atoms with Crippen molar-refractivity contribution in [2.45, 2.75) is 44.9 Å². The first kappa shape index (κ1) is 14.5. The molecule has 1 aliphatic carbocycles. The van der Waals surface area contributed by atoms with Gasteiger partial charge >= 0.3 is 0 Å². The maximum absolute atomic E-state index is 4.87. The molecule has 0 aliphatic heterocycles. The Morgan fingerprint density at radius 1 is 1.29 bits per heavy atom. The van der Waals surface area contributed by atoms with E-state index in [4.69, 9.17) is 4.98 Å². The van der Waals surface area contributed by atoms with Crippen LogP contribution >= 0.6 is 15.9 Å². The first-order valence-corrected chi connectivity index (χ1v) is 8.37. The topological polar surface area (TPSA) is 41.6 Å². The molecule has 0 bridgehead atoms. The predicted molar refractivity (Wildman–Crippen MR) is 89.2 cm³/mol. The molecule has 0 spiro atoms. The fraction of sp³-hybridized carbons (Fsp3) is 0.412. The van der Waals surface area contributed by atoms with E-state index >= 15 is 0 Å². The smallest absolute Gasteiger partial charge is 0.119 e. The maximum Gasteiger partial charge on any atom is 0.119 e. The second kappa shape index (κ2) is 5.76. The van der Waals surface area contributed by atoms with Gasteiger partial charge in [0.25, 0.3) is 0 Å². The minimum atomic E-state index is -0.133. The highest BCUT2D eigenvalue weighted by Crippen LogP contribution is 2.37. The van der Waals surface area contributed by atoms with Crippen molar-refractivity contribution in [1.82, 2.24) is 15.0 Å². The van der Waals surface area contributed by atoms with Crippen molar-refractivity contribution in [2.75, 3.05) is 0 Å². The Morgan fingerprint density at radius 3 is 2.71 bits per heavy atom. The van der Waals surface area contributed by atoms with E-state index in [1.165, 1.54) is 5.69 Å². The Kier molecular flexibility index (Phi) is 3.98. The third-order valence-electron chi connectivity index (χ3n) is 4.53. The minimum Gasteiger partial charge on any atom is -0.345 e. The molecule has 3 rings (SSSR count). The van der Waals surface area contributed by atoms with Crippen LogP contribution in [0.25, 0.3) is 6.08 Å². The van der Waals surface area contributed by atoms with Crippen molar-refractivity contribution in [3.05, 3.63) is 51.8 Å². The number of aromatic nitrogens is 3. The van der Waals surface area contributed by atoms with E-state index < -0.39 is 0 Å². The number of hydrogen-bond donors (Lipinski definition) is 1. The Bertz CT molecular complexity index is 651. The van der Waals surface area contributed by atoms with Gasteiger partial charge in [0.2, 0.25) is 0 Å². The fourth-order valence-corrected chi connectivity index (χ4v) is 3.36. The molecule has 1 aliphatic rings. The molecule has 0 saturated heterocycles. The summed E-state index contributed by atoms with van der Waals surface area (Å²) in [7, 11) is 0. The number of aryl methyl sites for hydroxylation is 1. The summed E-state index contributed by atoms with van der Waals surface area (Å²) in [5.74, 6) is 1.05. The van der Waals surface area contributed by atoms with Crippen molar-refractivity contribution >= 4 is 22.0 Å². The second-order valence-corrected chi connectivity index (χ2v) is 6.46. The lowest BCUT2D eigenvalue weighted by Crippen LogP contribution is -2.29. The van der Waals surface area contributed by atoms with Crippen LogP contribution in [0.3, 0.4) is 0 Å². The van der Waals surface area contributed by atoms with Gasteiger partial charge in [-0.25, -0.2) is 4.98 Å². The number of fused-ring (bicyclic) bond motifs is 1. The zero-order valence-corrected chi connectivity index (χ0v) is 14.1. The highest BCUT2D eigenvalue weighted by atomic mass is 79.9. The molecule has 2 heterocycles. The van der Waals surface area contributed by atoms with Crippen molar-refractivity contribution in [2.24, 2.45) is 0 Å². The van der Waals surface area contributed by atoms with E-state index in [0.717, 1.165) is 47.4 Å². The molecule has 0 radical (unpaired) electrons. The molecular formula is C17H20BrN3. The molecule has 21 heavy (non-hydrogen) atoms. The van der Waals surface area contributed by atoms with Crippen LogP contribution in [-0.2, 0) is 11.8 Å². The van der Waals surface area contributed by atoms with Gasteiger partial charge in [0.05, 0.1) is 16.8 Å². The lowest BCUT2D eigenvalue weighted by Gasteiger charge is -2.29. The predicted octanol–water partition coefficient (Wildman–Crippen LogP) is 4.63. The standard InChI is InChI=1S/C17H20BrN3/c1-3-17(4-2,15-10-9-12(18)11-19-15)16-20-13-7-5-6-8-14(13)21-16/h5,7,9-11H,3-4,6,8H2,1-2H3,(H,20,21). The van der Waals surface area contributed by atoms with Crippen LogP contribution < -0.4 is 0 Å². The molecule has 0 aromatic carbocycles. The number of H-pyrrole nitrogens is 1. The molecule has 0 unspecified atom stereocenters. The number of pyridine rings is 1. The normalized spacial score (nSPS) is 14.2. The molecule has 1 N–H and O–H groups in total. The molecule has 2 aromatic heterocycles. The quantitative estimate of drug-likeness (QED) is 0.877. The Labute approximate surface area is 134 Å². The van der Waals surface area contributed by atoms with Crippen LogP contribution in [-0.4, -0.2) is 15.0 Å². The number of imidazole rings is 1. The van der Waals surface area contributed by atoms with Crippen molar-refractivity contribution < 1.29 is 0 Å². The first-order chi connectivity index (χ1) is 10.2. The van der Waals surface area contributed by atoms with E-state index in [0.29, 0.717) is 0 Å². The minimum absolute atomic E-state index is 0.133. The highest BCUT2D eigenvalue weighted by molar-refractivity contribution is 9.10. The Hall–Kier alpha value is -1.42. The Morgan fingerprint density at radius 2 is 2.10 bits per heavy atom. The van der Waals surface area contributed by atoms with Gasteiger partial charge in [-0.2, -0.15) is 0 Å². The van der Waals surface area contributed by atoms with Crippen molar-refractivity contribution in [1.29, 1.82) is 0 Å². The average molecular weight is 346 g/mol. The third kappa shape index (κ3) is 2.46. The monoisotopic (exact) mass is 345 g/mol. The number of rotatable bonds is 4. The van der Waals surface area contributed by atoms with Crippen LogP contribution in [0.2, 0.25) is 0 Å². The SMILES string of the molecule is CCC(CC)(c1ccc(Br)cn1)c1nc2c([nH]1)CCC=C2. The summed E-state index contributed by atoms with van der Waals surface area (Å²) in [6, 6.07) is 4.17. The third-order valence-corrected chi connectivity index (χ3v) is 4.99. The number of aromatic amines is 1. The van der Waals surface area contributed by atoms with E-state index in [-0.39, 0.29) is 5.41 Å². The first-order valence-electron chi connectivity index (χ1n) is 7.57. The molecule has 0 atom stereocenters. The summed E-state index contributed by atoms with van der Waals surface area (Å²) in [6.07, 6.45) is 10.3. The van der Waals surface area contributed by atoms with Gasteiger partial charge in [-0.3, -0.25) is 4.98 Å². The zero-order valence-electron chi connectivity index (χ0n) is 12.5. The average Bonchev–Trinajstić information content (AvgIpc) is 2.95. The Balaban J connectivity index is 2.10. The van der Waals surface area contributed by atoms with Gasteiger partial charge < -0.3 is 4.98 Å². The molecule has 4 heteroatoms. The van der Waals surface area contributed by atoms with Crippen LogP contribution in [0, 0.1) is 0 Å². The molecule has 0 saturated carbocycles. The second-order valence-electron chi connectivity index (χ2n) is 5.54. The fourth-order valence-electron chi connectivity index (χ4n) is 3.13. The van der Waals surface area contributed by atoms with E-state index in [1.807, 2.05) is 6.20 Å². The summed E-state index contributed by atoms with van der Waals surface area (Å²) in [5, 5.41) is 0. The molecular weight excluding hydrogens is 326 g/mol. The van der Waals surface area contributed by atoms with Crippen molar-refractivity contribution in [3.63, 3.8) is 0 Å². The number of hydrogen-bond acceptors (Lipinski definition) is 2. The summed E-state index contributed by atoms with van der Waals surface area (Å²) < 4.78 is 1.01. The summed E-state index contributed by atoms with van der Waals surface area (Å²) >= 11 is 3.46. The van der Waals surface area contributed by atoms with Gasteiger partial charge in [-0.1, -0.05) is 19.9 Å². The van der Waals surface area contributed by atoms with Gasteiger partial charge in [0, 0.05) is 16.4 Å². The summed E-state index contributed by atoms with van der Waals surface area (Å²) in [4.78, 5) is 13.1.